The molecule has 1 aliphatic heterocycles. The highest BCUT2D eigenvalue weighted by molar-refractivity contribution is 6.06. The van der Waals surface area contributed by atoms with E-state index in [4.69, 9.17) is 10.2 Å². The SMILES string of the molecule is O=C=C1C=C(C(=O)O)N(CCO)c2ccc(F)cc21. The van der Waals surface area contributed by atoms with E-state index >= 15 is 0 Å². The number of carboxylic acids is 1. The molecular formula is C13H10FNO4. The molecule has 98 valence electrons. The Balaban J connectivity index is 2.66. The van der Waals surface area contributed by atoms with Crippen LogP contribution in [0.15, 0.2) is 30.0 Å². The van der Waals surface area contributed by atoms with Gasteiger partial charge in [0.05, 0.1) is 17.9 Å². The molecular weight excluding hydrogens is 253 g/mol. The summed E-state index contributed by atoms with van der Waals surface area (Å²) in [4.78, 5) is 23.4. The summed E-state index contributed by atoms with van der Waals surface area (Å²) < 4.78 is 13.2. The smallest absolute Gasteiger partial charge is 0.352 e. The van der Waals surface area contributed by atoms with E-state index in [9.17, 15) is 14.0 Å². The van der Waals surface area contributed by atoms with Gasteiger partial charge in [-0.1, -0.05) is 0 Å². The minimum atomic E-state index is -1.24. The van der Waals surface area contributed by atoms with Crippen LogP contribution in [0.5, 0.6) is 0 Å². The van der Waals surface area contributed by atoms with Gasteiger partial charge in [0, 0.05) is 12.1 Å². The number of hydrogen-bond donors (Lipinski definition) is 2. The molecule has 0 unspecified atom stereocenters. The summed E-state index contributed by atoms with van der Waals surface area (Å²) in [5.74, 6) is -0.173. The molecule has 0 aliphatic carbocycles. The van der Waals surface area contributed by atoms with Crippen molar-refractivity contribution >= 4 is 23.2 Å². The van der Waals surface area contributed by atoms with Crippen molar-refractivity contribution in [2.45, 2.75) is 0 Å². The summed E-state index contributed by atoms with van der Waals surface area (Å²) >= 11 is 0. The van der Waals surface area contributed by atoms with Gasteiger partial charge in [0.2, 0.25) is 0 Å². The number of carbonyl (C=O) groups excluding carboxylic acids is 1. The molecule has 1 aliphatic rings. The molecule has 0 aromatic heterocycles. The van der Waals surface area contributed by atoms with E-state index in [2.05, 4.69) is 0 Å². The molecule has 1 aromatic carbocycles. The average molecular weight is 263 g/mol. The van der Waals surface area contributed by atoms with Crippen molar-refractivity contribution in [2.24, 2.45) is 0 Å². The molecule has 5 nitrogen and oxygen atoms in total. The number of anilines is 1. The highest BCUT2D eigenvalue weighted by atomic mass is 19.1. The monoisotopic (exact) mass is 263 g/mol. The summed E-state index contributed by atoms with van der Waals surface area (Å²) in [6, 6.07) is 3.67. The molecule has 0 saturated heterocycles. The maximum Gasteiger partial charge on any atom is 0.352 e. The van der Waals surface area contributed by atoms with E-state index in [1.165, 1.54) is 11.0 Å². The van der Waals surface area contributed by atoms with E-state index in [1.807, 2.05) is 0 Å². The summed E-state index contributed by atoms with van der Waals surface area (Å²) in [7, 11) is 0. The van der Waals surface area contributed by atoms with Gasteiger partial charge in [0.1, 0.15) is 17.5 Å². The molecule has 1 heterocycles. The first-order valence-electron chi connectivity index (χ1n) is 5.47. The third kappa shape index (κ3) is 2.27. The Morgan fingerprint density at radius 1 is 1.42 bits per heavy atom. The first-order chi connectivity index (χ1) is 9.08. The van der Waals surface area contributed by atoms with Gasteiger partial charge in [-0.25, -0.2) is 14.0 Å². The molecule has 1 aromatic rings. The third-order valence-electron chi connectivity index (χ3n) is 2.76. The second-order valence-electron chi connectivity index (χ2n) is 3.89. The molecule has 0 radical (unpaired) electrons. The van der Waals surface area contributed by atoms with Crippen LogP contribution in [0.2, 0.25) is 0 Å². The third-order valence-corrected chi connectivity index (χ3v) is 2.76. The number of hydrogen-bond acceptors (Lipinski definition) is 4. The molecule has 6 heteroatoms. The Hall–Kier alpha value is -2.43. The summed E-state index contributed by atoms with van der Waals surface area (Å²) in [5.41, 5.74) is 0.426. The van der Waals surface area contributed by atoms with Crippen molar-refractivity contribution in [1.82, 2.24) is 0 Å². The maximum absolute atomic E-state index is 13.2. The van der Waals surface area contributed by atoms with Crippen LogP contribution < -0.4 is 4.90 Å². The standard InChI is InChI=1S/C13H10FNO4/c14-9-1-2-11-10(6-9)8(7-17)5-12(13(18)19)15(11)3-4-16/h1-2,5-6,16H,3-4H2,(H,18,19). The van der Waals surface area contributed by atoms with Crippen LogP contribution in [0.4, 0.5) is 10.1 Å². The minimum absolute atomic E-state index is 0.0268. The Morgan fingerprint density at radius 2 is 2.16 bits per heavy atom. The van der Waals surface area contributed by atoms with Gasteiger partial charge in [-0.2, -0.15) is 0 Å². The molecule has 2 N–H and O–H groups in total. The maximum atomic E-state index is 13.2. The quantitative estimate of drug-likeness (QED) is 0.789. The second-order valence-corrected chi connectivity index (χ2v) is 3.89. The van der Waals surface area contributed by atoms with Crippen LogP contribution in [-0.2, 0) is 9.59 Å². The summed E-state index contributed by atoms with van der Waals surface area (Å²) in [6.45, 7) is -0.246. The Kier molecular flexibility index (Phi) is 3.46. The number of fused-ring (bicyclic) bond motifs is 1. The van der Waals surface area contributed by atoms with Gasteiger partial charge in [-0.05, 0) is 24.3 Å². The lowest BCUT2D eigenvalue weighted by molar-refractivity contribution is -0.132. The van der Waals surface area contributed by atoms with E-state index in [1.54, 1.807) is 5.94 Å². The number of carboxylic acid groups (broad SMARTS) is 1. The van der Waals surface area contributed by atoms with Gasteiger partial charge in [-0.3, -0.25) is 0 Å². The van der Waals surface area contributed by atoms with Crippen molar-refractivity contribution in [1.29, 1.82) is 0 Å². The lowest BCUT2D eigenvalue weighted by Gasteiger charge is -2.30. The summed E-state index contributed by atoms with van der Waals surface area (Å²) in [6.07, 6.45) is 1.12. The molecule has 0 bridgehead atoms. The van der Waals surface area contributed by atoms with Gasteiger partial charge < -0.3 is 15.1 Å². The van der Waals surface area contributed by atoms with Crippen molar-refractivity contribution in [3.8, 4) is 0 Å². The highest BCUT2D eigenvalue weighted by Crippen LogP contribution is 2.35. The van der Waals surface area contributed by atoms with Gasteiger partial charge in [0.25, 0.3) is 0 Å². The zero-order valence-electron chi connectivity index (χ0n) is 9.76. The first kappa shape index (κ1) is 13.0. The number of aliphatic carboxylic acids is 1. The fourth-order valence-corrected chi connectivity index (χ4v) is 1.98. The zero-order chi connectivity index (χ0) is 14.0. The number of carbonyl (C=O) groups is 1. The molecule has 0 atom stereocenters. The lowest BCUT2D eigenvalue weighted by atomic mass is 9.98. The van der Waals surface area contributed by atoms with E-state index in [0.717, 1.165) is 18.2 Å². The van der Waals surface area contributed by atoms with Gasteiger partial charge >= 0.3 is 5.97 Å². The van der Waals surface area contributed by atoms with Gasteiger partial charge in [0.15, 0.2) is 0 Å². The number of nitrogens with zero attached hydrogens (tertiary/aromatic N) is 1. The van der Waals surface area contributed by atoms with Crippen LogP contribution in [-0.4, -0.2) is 35.3 Å². The predicted molar refractivity (Wildman–Crippen MR) is 65.7 cm³/mol. The molecule has 0 saturated carbocycles. The predicted octanol–water partition coefficient (Wildman–Crippen LogP) is 0.821. The topological polar surface area (TPSA) is 77.8 Å². The number of halogens is 1. The lowest BCUT2D eigenvalue weighted by Crippen LogP contribution is -2.33. The van der Waals surface area contributed by atoms with Crippen LogP contribution >= 0.6 is 0 Å². The van der Waals surface area contributed by atoms with Crippen molar-refractivity contribution in [2.75, 3.05) is 18.1 Å². The van der Waals surface area contributed by atoms with E-state index in [-0.39, 0.29) is 30.0 Å². The number of benzene rings is 1. The van der Waals surface area contributed by atoms with Crippen molar-refractivity contribution in [3.63, 3.8) is 0 Å². The molecule has 0 spiro atoms. The van der Waals surface area contributed by atoms with Crippen LogP contribution in [0, 0.1) is 5.82 Å². The Bertz CT molecular complexity index is 617. The largest absolute Gasteiger partial charge is 0.477 e. The molecule has 0 amide bonds. The van der Waals surface area contributed by atoms with E-state index in [0.29, 0.717) is 5.69 Å². The first-order valence-corrected chi connectivity index (χ1v) is 5.47. The van der Waals surface area contributed by atoms with Gasteiger partial charge in [-0.15, -0.1) is 0 Å². The normalized spacial score (nSPS) is 13.7. The Morgan fingerprint density at radius 3 is 2.74 bits per heavy atom. The number of aliphatic hydroxyl groups is 1. The van der Waals surface area contributed by atoms with Crippen molar-refractivity contribution in [3.05, 3.63) is 41.4 Å². The average Bonchev–Trinajstić information content (AvgIpc) is 2.38. The zero-order valence-corrected chi connectivity index (χ0v) is 9.76. The number of β-amino-alcohol motifs (C(OH)–C–C–N with tert-alkyl or cyclic N) is 1. The molecule has 0 fully saturated rings. The minimum Gasteiger partial charge on any atom is -0.477 e. The summed E-state index contributed by atoms with van der Waals surface area (Å²) in [5, 5.41) is 18.1. The highest BCUT2D eigenvalue weighted by Gasteiger charge is 2.27. The second kappa shape index (κ2) is 5.06. The molecule has 19 heavy (non-hydrogen) atoms. The fraction of sp³-hybridized carbons (Fsp3) is 0.154. The number of rotatable bonds is 3. The van der Waals surface area contributed by atoms with Crippen LogP contribution in [0.25, 0.3) is 5.57 Å². The number of aliphatic hydroxyl groups excluding tert-OH is 1. The van der Waals surface area contributed by atoms with Crippen molar-refractivity contribution < 1.29 is 24.2 Å². The number of allylic oxidation sites excluding steroid dienone is 2. The van der Waals surface area contributed by atoms with E-state index < -0.39 is 11.8 Å². The molecule has 2 rings (SSSR count). The Labute approximate surface area is 107 Å². The van der Waals surface area contributed by atoms with Crippen LogP contribution in [0.1, 0.15) is 5.56 Å². The van der Waals surface area contributed by atoms with Crippen LogP contribution in [0.3, 0.4) is 0 Å². The fourth-order valence-electron chi connectivity index (χ4n) is 1.98.